The zero-order chi connectivity index (χ0) is 21.4. The Morgan fingerprint density at radius 1 is 1.27 bits per heavy atom. The highest BCUT2D eigenvalue weighted by atomic mass is 35.5. The summed E-state index contributed by atoms with van der Waals surface area (Å²) in [5, 5.41) is 19.3. The quantitative estimate of drug-likeness (QED) is 0.587. The van der Waals surface area contributed by atoms with Crippen LogP contribution in [-0.4, -0.2) is 26.9 Å². The van der Waals surface area contributed by atoms with Crippen LogP contribution in [0.3, 0.4) is 0 Å². The maximum absolute atomic E-state index is 13.5. The molecule has 8 nitrogen and oxygen atoms in total. The molecule has 2 aromatic carbocycles. The number of benzene rings is 2. The molecule has 0 spiro atoms. The summed E-state index contributed by atoms with van der Waals surface area (Å²) in [6.45, 7) is 2.39. The monoisotopic (exact) mass is 425 g/mol. The number of hydrogen-bond donors (Lipinski definition) is 3. The van der Waals surface area contributed by atoms with Crippen LogP contribution in [0.5, 0.6) is 0 Å². The molecule has 0 unspecified atom stereocenters. The number of carbonyl (C=O) groups excluding carboxylic acids is 1. The number of aryl methyl sites for hydroxylation is 2. The third-order valence-electron chi connectivity index (χ3n) is 5.11. The van der Waals surface area contributed by atoms with Crippen molar-refractivity contribution in [3.05, 3.63) is 69.9 Å². The van der Waals surface area contributed by atoms with Gasteiger partial charge in [-0.15, -0.1) is 0 Å². The van der Waals surface area contributed by atoms with Crippen LogP contribution in [0.1, 0.15) is 27.0 Å². The summed E-state index contributed by atoms with van der Waals surface area (Å²) < 4.78 is 1.72. The first kappa shape index (κ1) is 19.8. The number of amides is 2. The zero-order valence-corrected chi connectivity index (χ0v) is 17.2. The van der Waals surface area contributed by atoms with Crippen LogP contribution in [-0.2, 0) is 20.1 Å². The Hall–Kier alpha value is -3.52. The molecule has 0 bridgehead atoms. The van der Waals surface area contributed by atoms with E-state index in [9.17, 15) is 9.59 Å². The lowest BCUT2D eigenvalue weighted by atomic mass is 10.0. The van der Waals surface area contributed by atoms with Crippen molar-refractivity contribution in [1.82, 2.24) is 15.1 Å². The molecule has 0 atom stereocenters. The SMILES string of the molecule is Cc1cc(C(=O)N2Cc3cnn(C)c3Nc3cc(Cl)ccc32)ccc1CNC(=O)O. The summed E-state index contributed by atoms with van der Waals surface area (Å²) in [5.74, 6) is 0.637. The van der Waals surface area contributed by atoms with Crippen LogP contribution >= 0.6 is 11.6 Å². The number of hydrogen-bond acceptors (Lipinski definition) is 4. The van der Waals surface area contributed by atoms with Gasteiger partial charge >= 0.3 is 6.09 Å². The molecule has 3 aromatic rings. The minimum Gasteiger partial charge on any atom is -0.465 e. The number of aromatic nitrogens is 2. The second kappa shape index (κ2) is 7.72. The number of carbonyl (C=O) groups is 2. The smallest absolute Gasteiger partial charge is 0.404 e. The summed E-state index contributed by atoms with van der Waals surface area (Å²) in [4.78, 5) is 25.9. The van der Waals surface area contributed by atoms with Gasteiger partial charge in [-0.05, 0) is 48.4 Å². The van der Waals surface area contributed by atoms with Crippen molar-refractivity contribution in [2.75, 3.05) is 10.2 Å². The van der Waals surface area contributed by atoms with Gasteiger partial charge in [-0.1, -0.05) is 17.7 Å². The molecule has 4 rings (SSSR count). The highest BCUT2D eigenvalue weighted by Gasteiger charge is 2.27. The standard InChI is InChI=1S/C21H20ClN5O3/c1-12-7-13(3-4-14(12)9-23-21(29)30)20(28)27-11-15-10-24-26(2)19(15)25-17-8-16(22)5-6-18(17)27/h3-8,10,23,25H,9,11H2,1-2H3,(H,29,30). The molecule has 2 heterocycles. The van der Waals surface area contributed by atoms with Crippen molar-refractivity contribution < 1.29 is 14.7 Å². The molecule has 0 saturated carbocycles. The molecule has 3 N–H and O–H groups in total. The first-order chi connectivity index (χ1) is 14.3. The van der Waals surface area contributed by atoms with Gasteiger partial charge in [-0.25, -0.2) is 4.79 Å². The maximum atomic E-state index is 13.5. The van der Waals surface area contributed by atoms with E-state index in [1.807, 2.05) is 20.0 Å². The van der Waals surface area contributed by atoms with Gasteiger partial charge in [0, 0.05) is 29.7 Å². The predicted octanol–water partition coefficient (Wildman–Crippen LogP) is 4.05. The second-order valence-corrected chi connectivity index (χ2v) is 7.56. The molecule has 1 aliphatic heterocycles. The number of halogens is 1. The lowest BCUT2D eigenvalue weighted by Crippen LogP contribution is -2.30. The van der Waals surface area contributed by atoms with Crippen molar-refractivity contribution in [1.29, 1.82) is 0 Å². The predicted molar refractivity (Wildman–Crippen MR) is 114 cm³/mol. The summed E-state index contributed by atoms with van der Waals surface area (Å²) in [7, 11) is 1.83. The molecule has 0 saturated heterocycles. The number of rotatable bonds is 3. The largest absolute Gasteiger partial charge is 0.465 e. The van der Waals surface area contributed by atoms with Crippen molar-refractivity contribution >= 4 is 40.8 Å². The Balaban J connectivity index is 1.71. The van der Waals surface area contributed by atoms with Crippen molar-refractivity contribution in [2.24, 2.45) is 7.05 Å². The summed E-state index contributed by atoms with van der Waals surface area (Å²) in [6, 6.07) is 10.6. The number of nitrogens with one attached hydrogen (secondary N) is 2. The lowest BCUT2D eigenvalue weighted by molar-refractivity contribution is 0.0985. The fraction of sp³-hybridized carbons (Fsp3) is 0.190. The van der Waals surface area contributed by atoms with E-state index >= 15 is 0 Å². The van der Waals surface area contributed by atoms with Crippen LogP contribution < -0.4 is 15.5 Å². The molecular weight excluding hydrogens is 406 g/mol. The van der Waals surface area contributed by atoms with E-state index in [1.54, 1.807) is 46.1 Å². The summed E-state index contributed by atoms with van der Waals surface area (Å²) >= 11 is 6.19. The van der Waals surface area contributed by atoms with E-state index in [-0.39, 0.29) is 12.5 Å². The third-order valence-corrected chi connectivity index (χ3v) is 5.35. The Labute approximate surface area is 178 Å². The first-order valence-corrected chi connectivity index (χ1v) is 9.67. The first-order valence-electron chi connectivity index (χ1n) is 9.29. The van der Waals surface area contributed by atoms with E-state index in [2.05, 4.69) is 15.7 Å². The zero-order valence-electron chi connectivity index (χ0n) is 16.4. The normalized spacial score (nSPS) is 12.4. The van der Waals surface area contributed by atoms with Crippen molar-refractivity contribution in [3.8, 4) is 0 Å². The topological polar surface area (TPSA) is 99.5 Å². The van der Waals surface area contributed by atoms with Gasteiger partial charge in [0.2, 0.25) is 0 Å². The minimum absolute atomic E-state index is 0.169. The van der Waals surface area contributed by atoms with Crippen LogP contribution in [0.25, 0.3) is 0 Å². The summed E-state index contributed by atoms with van der Waals surface area (Å²) in [6.07, 6.45) is 0.649. The van der Waals surface area contributed by atoms with E-state index in [1.165, 1.54) is 0 Å². The molecule has 1 aliphatic rings. The van der Waals surface area contributed by atoms with Crippen molar-refractivity contribution in [2.45, 2.75) is 20.0 Å². The second-order valence-electron chi connectivity index (χ2n) is 7.12. The van der Waals surface area contributed by atoms with E-state index in [0.717, 1.165) is 33.9 Å². The Morgan fingerprint density at radius 2 is 2.07 bits per heavy atom. The molecular formula is C21H20ClN5O3. The highest BCUT2D eigenvalue weighted by Crippen LogP contribution is 2.38. The number of anilines is 3. The third kappa shape index (κ3) is 3.69. The van der Waals surface area contributed by atoms with Gasteiger partial charge in [-0.2, -0.15) is 5.10 Å². The number of carboxylic acid groups (broad SMARTS) is 1. The van der Waals surface area contributed by atoms with Crippen LogP contribution in [0.4, 0.5) is 22.0 Å². The molecule has 154 valence electrons. The Kier molecular flexibility index (Phi) is 5.09. The van der Waals surface area contributed by atoms with E-state index < -0.39 is 6.09 Å². The van der Waals surface area contributed by atoms with Gasteiger partial charge in [0.25, 0.3) is 5.91 Å². The van der Waals surface area contributed by atoms with E-state index in [4.69, 9.17) is 16.7 Å². The van der Waals surface area contributed by atoms with Crippen LogP contribution in [0.2, 0.25) is 5.02 Å². The number of fused-ring (bicyclic) bond motifs is 2. The molecule has 0 radical (unpaired) electrons. The van der Waals surface area contributed by atoms with Crippen LogP contribution in [0.15, 0.2) is 42.6 Å². The maximum Gasteiger partial charge on any atom is 0.404 e. The number of nitrogens with zero attached hydrogens (tertiary/aromatic N) is 3. The fourth-order valence-electron chi connectivity index (χ4n) is 3.52. The van der Waals surface area contributed by atoms with E-state index in [0.29, 0.717) is 17.1 Å². The van der Waals surface area contributed by atoms with Gasteiger partial charge in [0.15, 0.2) is 0 Å². The average molecular weight is 426 g/mol. The van der Waals surface area contributed by atoms with Gasteiger partial charge < -0.3 is 20.6 Å². The molecule has 30 heavy (non-hydrogen) atoms. The summed E-state index contributed by atoms with van der Waals surface area (Å²) in [5.41, 5.74) is 4.48. The fourth-order valence-corrected chi connectivity index (χ4v) is 3.69. The van der Waals surface area contributed by atoms with Crippen LogP contribution in [0, 0.1) is 6.92 Å². The van der Waals surface area contributed by atoms with Gasteiger partial charge in [0.05, 0.1) is 24.1 Å². The Bertz CT molecular complexity index is 1160. The van der Waals surface area contributed by atoms with Gasteiger partial charge in [0.1, 0.15) is 5.82 Å². The highest BCUT2D eigenvalue weighted by molar-refractivity contribution is 6.31. The molecule has 0 aliphatic carbocycles. The average Bonchev–Trinajstić information content (AvgIpc) is 2.95. The molecule has 0 fully saturated rings. The lowest BCUT2D eigenvalue weighted by Gasteiger charge is -2.23. The molecule has 1 aromatic heterocycles. The molecule has 9 heteroatoms. The molecule has 2 amide bonds. The minimum atomic E-state index is -1.09. The van der Waals surface area contributed by atoms with Crippen molar-refractivity contribution in [3.63, 3.8) is 0 Å². The van der Waals surface area contributed by atoms with Gasteiger partial charge in [-0.3, -0.25) is 9.48 Å². The Morgan fingerprint density at radius 3 is 2.80 bits per heavy atom.